The summed E-state index contributed by atoms with van der Waals surface area (Å²) >= 11 is 0. The van der Waals surface area contributed by atoms with Gasteiger partial charge < -0.3 is 10.2 Å². The van der Waals surface area contributed by atoms with Crippen LogP contribution >= 0.6 is 0 Å². The molecule has 4 heteroatoms. The van der Waals surface area contributed by atoms with E-state index in [1.54, 1.807) is 0 Å². The molecule has 1 aromatic heterocycles. The number of rotatable bonds is 5. The molecule has 1 atom stereocenters. The Labute approximate surface area is 145 Å². The predicted octanol–water partition coefficient (Wildman–Crippen LogP) is 4.73. The number of anilines is 2. The second-order valence-corrected chi connectivity index (χ2v) is 6.85. The second kappa shape index (κ2) is 7.65. The molecular formula is C20H28N4. The molecule has 24 heavy (non-hydrogen) atoms. The van der Waals surface area contributed by atoms with Crippen molar-refractivity contribution < 1.29 is 0 Å². The fourth-order valence-electron chi connectivity index (χ4n) is 3.39. The van der Waals surface area contributed by atoms with E-state index in [2.05, 4.69) is 49.2 Å². The largest absolute Gasteiger partial charge is 0.368 e. The number of nitrogens with one attached hydrogen (secondary N) is 1. The van der Waals surface area contributed by atoms with Gasteiger partial charge in [0, 0.05) is 30.3 Å². The first kappa shape index (κ1) is 16.7. The third-order valence-corrected chi connectivity index (χ3v) is 4.57. The number of hydrogen-bond acceptors (Lipinski definition) is 4. The summed E-state index contributed by atoms with van der Waals surface area (Å²) in [6.07, 6.45) is 4.99. The van der Waals surface area contributed by atoms with E-state index in [1.165, 1.54) is 19.3 Å². The van der Waals surface area contributed by atoms with Gasteiger partial charge in [-0.1, -0.05) is 37.3 Å². The van der Waals surface area contributed by atoms with Gasteiger partial charge in [-0.15, -0.1) is 0 Å². The molecular weight excluding hydrogens is 296 g/mol. The van der Waals surface area contributed by atoms with Crippen molar-refractivity contribution in [3.05, 3.63) is 36.4 Å². The van der Waals surface area contributed by atoms with Crippen molar-refractivity contribution in [1.82, 2.24) is 9.97 Å². The zero-order valence-electron chi connectivity index (χ0n) is 15.0. The minimum Gasteiger partial charge on any atom is -0.368 e. The quantitative estimate of drug-likeness (QED) is 0.863. The van der Waals surface area contributed by atoms with Crippen LogP contribution in [0.1, 0.15) is 46.5 Å². The standard InChI is InChI=1S/C20H28N4/c1-4-17-12-8-9-13-24(17)19-14-18(21-15(2)3)22-20(23-19)16-10-6-5-7-11-16/h5-7,10-11,14-15,17H,4,8-9,12-13H2,1-3H3,(H,21,22,23). The Morgan fingerprint density at radius 1 is 1.17 bits per heavy atom. The summed E-state index contributed by atoms with van der Waals surface area (Å²) in [4.78, 5) is 12.1. The monoisotopic (exact) mass is 324 g/mol. The third-order valence-electron chi connectivity index (χ3n) is 4.57. The van der Waals surface area contributed by atoms with Crippen LogP contribution in [-0.2, 0) is 0 Å². The van der Waals surface area contributed by atoms with Gasteiger partial charge in [0.25, 0.3) is 0 Å². The molecule has 0 spiro atoms. The molecule has 3 rings (SSSR count). The highest BCUT2D eigenvalue weighted by molar-refractivity contribution is 5.62. The first-order valence-corrected chi connectivity index (χ1v) is 9.15. The summed E-state index contributed by atoms with van der Waals surface area (Å²) in [5.41, 5.74) is 1.07. The van der Waals surface area contributed by atoms with Crippen molar-refractivity contribution in [3.8, 4) is 11.4 Å². The molecule has 2 aromatic rings. The molecule has 2 heterocycles. The van der Waals surface area contributed by atoms with Crippen molar-refractivity contribution >= 4 is 11.6 Å². The van der Waals surface area contributed by atoms with Gasteiger partial charge in [0.2, 0.25) is 0 Å². The summed E-state index contributed by atoms with van der Waals surface area (Å²) in [7, 11) is 0. The normalized spacial score (nSPS) is 18.0. The van der Waals surface area contributed by atoms with Gasteiger partial charge in [-0.25, -0.2) is 9.97 Å². The number of nitrogens with zero attached hydrogens (tertiary/aromatic N) is 3. The van der Waals surface area contributed by atoms with Crippen LogP contribution in [0.15, 0.2) is 36.4 Å². The van der Waals surface area contributed by atoms with Gasteiger partial charge in [0.05, 0.1) is 0 Å². The number of benzene rings is 1. The number of piperidine rings is 1. The summed E-state index contributed by atoms with van der Waals surface area (Å²) < 4.78 is 0. The predicted molar refractivity (Wildman–Crippen MR) is 102 cm³/mol. The SMILES string of the molecule is CCC1CCCCN1c1cc(NC(C)C)nc(-c2ccccc2)n1. The maximum atomic E-state index is 4.91. The van der Waals surface area contributed by atoms with Gasteiger partial charge in [-0.3, -0.25) is 0 Å². The fourth-order valence-corrected chi connectivity index (χ4v) is 3.39. The van der Waals surface area contributed by atoms with Crippen LogP contribution in [0.2, 0.25) is 0 Å². The molecule has 0 saturated carbocycles. The Hall–Kier alpha value is -2.10. The highest BCUT2D eigenvalue weighted by Crippen LogP contribution is 2.28. The van der Waals surface area contributed by atoms with Crippen molar-refractivity contribution in [3.63, 3.8) is 0 Å². The number of aromatic nitrogens is 2. The smallest absolute Gasteiger partial charge is 0.163 e. The van der Waals surface area contributed by atoms with Crippen LogP contribution in [-0.4, -0.2) is 28.6 Å². The Morgan fingerprint density at radius 3 is 2.67 bits per heavy atom. The third kappa shape index (κ3) is 3.86. The van der Waals surface area contributed by atoms with E-state index in [0.717, 1.165) is 36.0 Å². The first-order valence-electron chi connectivity index (χ1n) is 9.15. The highest BCUT2D eigenvalue weighted by atomic mass is 15.2. The van der Waals surface area contributed by atoms with Gasteiger partial charge >= 0.3 is 0 Å². The average Bonchev–Trinajstić information content (AvgIpc) is 2.61. The van der Waals surface area contributed by atoms with Crippen molar-refractivity contribution in [2.24, 2.45) is 0 Å². The van der Waals surface area contributed by atoms with Gasteiger partial charge in [0.1, 0.15) is 11.6 Å². The lowest BCUT2D eigenvalue weighted by atomic mass is 10.00. The van der Waals surface area contributed by atoms with E-state index in [1.807, 2.05) is 18.2 Å². The zero-order valence-corrected chi connectivity index (χ0v) is 15.0. The average molecular weight is 324 g/mol. The van der Waals surface area contributed by atoms with E-state index < -0.39 is 0 Å². The Kier molecular flexibility index (Phi) is 5.34. The van der Waals surface area contributed by atoms with Crippen LogP contribution in [0.25, 0.3) is 11.4 Å². The highest BCUT2D eigenvalue weighted by Gasteiger charge is 2.23. The van der Waals surface area contributed by atoms with Crippen molar-refractivity contribution in [1.29, 1.82) is 0 Å². The minimum atomic E-state index is 0.347. The van der Waals surface area contributed by atoms with Gasteiger partial charge in [-0.2, -0.15) is 0 Å². The molecule has 1 aromatic carbocycles. The number of hydrogen-bond donors (Lipinski definition) is 1. The lowest BCUT2D eigenvalue weighted by Gasteiger charge is -2.36. The lowest BCUT2D eigenvalue weighted by molar-refractivity contribution is 0.447. The Balaban J connectivity index is 2.01. The summed E-state index contributed by atoms with van der Waals surface area (Å²) in [6, 6.07) is 13.3. The molecule has 128 valence electrons. The minimum absolute atomic E-state index is 0.347. The molecule has 0 bridgehead atoms. The Morgan fingerprint density at radius 2 is 1.96 bits per heavy atom. The first-order chi connectivity index (χ1) is 11.7. The molecule has 4 nitrogen and oxygen atoms in total. The molecule has 1 saturated heterocycles. The maximum Gasteiger partial charge on any atom is 0.163 e. The van der Waals surface area contributed by atoms with Gasteiger partial charge in [-0.05, 0) is 39.5 Å². The van der Waals surface area contributed by atoms with Crippen LogP contribution in [0.4, 0.5) is 11.6 Å². The summed E-state index contributed by atoms with van der Waals surface area (Å²) in [5.74, 6) is 2.77. The van der Waals surface area contributed by atoms with Crippen LogP contribution < -0.4 is 10.2 Å². The molecule has 1 N–H and O–H groups in total. The lowest BCUT2D eigenvalue weighted by Crippen LogP contribution is -2.39. The van der Waals surface area contributed by atoms with Crippen molar-refractivity contribution in [2.45, 2.75) is 58.5 Å². The summed E-state index contributed by atoms with van der Waals surface area (Å²) in [6.45, 7) is 7.64. The molecule has 0 amide bonds. The molecule has 1 unspecified atom stereocenters. The second-order valence-electron chi connectivity index (χ2n) is 6.85. The molecule has 1 fully saturated rings. The van der Waals surface area contributed by atoms with E-state index in [4.69, 9.17) is 9.97 Å². The topological polar surface area (TPSA) is 41.0 Å². The van der Waals surface area contributed by atoms with E-state index in [-0.39, 0.29) is 0 Å². The van der Waals surface area contributed by atoms with Crippen LogP contribution in [0.3, 0.4) is 0 Å². The molecule has 0 radical (unpaired) electrons. The zero-order chi connectivity index (χ0) is 16.9. The molecule has 1 aliphatic heterocycles. The Bertz CT molecular complexity index is 654. The molecule has 0 aliphatic carbocycles. The van der Waals surface area contributed by atoms with Gasteiger partial charge in [0.15, 0.2) is 5.82 Å². The fraction of sp³-hybridized carbons (Fsp3) is 0.500. The summed E-state index contributed by atoms with van der Waals surface area (Å²) in [5, 5.41) is 3.45. The van der Waals surface area contributed by atoms with Crippen LogP contribution in [0.5, 0.6) is 0 Å². The molecule has 1 aliphatic rings. The van der Waals surface area contributed by atoms with E-state index >= 15 is 0 Å². The van der Waals surface area contributed by atoms with E-state index in [0.29, 0.717) is 12.1 Å². The van der Waals surface area contributed by atoms with E-state index in [9.17, 15) is 0 Å². The maximum absolute atomic E-state index is 4.91. The van der Waals surface area contributed by atoms with Crippen molar-refractivity contribution in [2.75, 3.05) is 16.8 Å². The van der Waals surface area contributed by atoms with Crippen LogP contribution in [0, 0.1) is 0 Å².